The third-order valence-electron chi connectivity index (χ3n) is 3.03. The molecule has 0 saturated carbocycles. The molecule has 0 atom stereocenters. The number of aromatic nitrogens is 4. The second-order valence-corrected chi connectivity index (χ2v) is 5.52. The number of rotatable bonds is 3. The summed E-state index contributed by atoms with van der Waals surface area (Å²) in [7, 11) is 0. The van der Waals surface area contributed by atoms with E-state index in [4.69, 9.17) is 5.84 Å². The predicted octanol–water partition coefficient (Wildman–Crippen LogP) is 2.62. The molecule has 2 heterocycles. The van der Waals surface area contributed by atoms with Crippen molar-refractivity contribution in [2.45, 2.75) is 16.2 Å². The topological polar surface area (TPSA) is 113 Å². The Bertz CT molecular complexity index is 942. The molecule has 0 amide bonds. The number of hydrogen-bond donors (Lipinski definition) is 1. The van der Waals surface area contributed by atoms with E-state index in [1.807, 2.05) is 0 Å². The number of non-ortho nitro benzene ring substituents is 1. The minimum Gasteiger partial charge on any atom is -0.335 e. The molecule has 12 heteroatoms. The van der Waals surface area contributed by atoms with Gasteiger partial charge in [0.25, 0.3) is 11.5 Å². The van der Waals surface area contributed by atoms with Crippen molar-refractivity contribution in [3.05, 3.63) is 46.4 Å². The second kappa shape index (κ2) is 5.63. The number of alkyl halides is 3. The van der Waals surface area contributed by atoms with Gasteiger partial charge in [-0.15, -0.1) is 10.2 Å². The molecule has 0 fully saturated rings. The number of nitro groups is 1. The highest BCUT2D eigenvalue weighted by Gasteiger charge is 2.38. The van der Waals surface area contributed by atoms with Crippen LogP contribution in [-0.2, 0) is 6.18 Å². The molecule has 0 spiro atoms. The highest BCUT2D eigenvalue weighted by molar-refractivity contribution is 7.99. The molecule has 0 unspecified atom stereocenters. The van der Waals surface area contributed by atoms with Crippen LogP contribution in [-0.4, -0.2) is 24.8 Å². The number of fused-ring (bicyclic) bond motifs is 1. The van der Waals surface area contributed by atoms with Crippen molar-refractivity contribution >= 4 is 28.4 Å². The van der Waals surface area contributed by atoms with Gasteiger partial charge in [0, 0.05) is 17.2 Å². The molecule has 24 heavy (non-hydrogen) atoms. The van der Waals surface area contributed by atoms with Gasteiger partial charge in [0.2, 0.25) is 5.16 Å². The number of nitro benzene ring substituents is 1. The van der Waals surface area contributed by atoms with Crippen molar-refractivity contribution < 1.29 is 18.1 Å². The van der Waals surface area contributed by atoms with Crippen LogP contribution in [0.5, 0.6) is 0 Å². The molecule has 8 nitrogen and oxygen atoms in total. The fourth-order valence-corrected chi connectivity index (χ4v) is 2.87. The Labute approximate surface area is 135 Å². The Hall–Kier alpha value is -2.89. The van der Waals surface area contributed by atoms with E-state index in [0.29, 0.717) is 9.57 Å². The summed E-state index contributed by atoms with van der Waals surface area (Å²) >= 11 is 0.780. The lowest BCUT2D eigenvalue weighted by Gasteiger charge is -2.07. The van der Waals surface area contributed by atoms with Gasteiger partial charge in [-0.05, 0) is 30.0 Å². The summed E-state index contributed by atoms with van der Waals surface area (Å²) in [4.78, 5) is 14.9. The Kier molecular flexibility index (Phi) is 3.75. The molecule has 0 aliphatic rings. The van der Waals surface area contributed by atoms with Crippen molar-refractivity contribution in [3.8, 4) is 0 Å². The van der Waals surface area contributed by atoms with Crippen LogP contribution in [0.3, 0.4) is 0 Å². The van der Waals surface area contributed by atoms with E-state index in [0.717, 1.165) is 11.8 Å². The molecule has 2 N–H and O–H groups in total. The van der Waals surface area contributed by atoms with E-state index in [9.17, 15) is 23.3 Å². The number of nitrogens with two attached hydrogens (primary N) is 1. The number of halogens is 3. The van der Waals surface area contributed by atoms with Gasteiger partial charge in [-0.2, -0.15) is 13.2 Å². The first kappa shape index (κ1) is 16.0. The zero-order valence-electron chi connectivity index (χ0n) is 11.6. The fourth-order valence-electron chi connectivity index (χ4n) is 2.01. The molecule has 0 saturated heterocycles. The zero-order valence-corrected chi connectivity index (χ0v) is 12.4. The molecule has 0 aliphatic carbocycles. The van der Waals surface area contributed by atoms with Crippen LogP contribution in [0, 0.1) is 10.1 Å². The highest BCUT2D eigenvalue weighted by Crippen LogP contribution is 2.36. The lowest BCUT2D eigenvalue weighted by atomic mass is 10.2. The van der Waals surface area contributed by atoms with Crippen molar-refractivity contribution in [1.82, 2.24) is 19.9 Å². The predicted molar refractivity (Wildman–Crippen MR) is 77.7 cm³/mol. The smallest absolute Gasteiger partial charge is 0.335 e. The third-order valence-corrected chi connectivity index (χ3v) is 4.04. The summed E-state index contributed by atoms with van der Waals surface area (Å²) in [5.41, 5.74) is 0.0981. The third kappa shape index (κ3) is 2.71. The van der Waals surface area contributed by atoms with E-state index in [-0.39, 0.29) is 21.7 Å². The van der Waals surface area contributed by atoms with Gasteiger partial charge in [-0.3, -0.25) is 15.1 Å². The second-order valence-electron chi connectivity index (χ2n) is 4.52. The number of pyridine rings is 1. The van der Waals surface area contributed by atoms with Crippen LogP contribution in [0.15, 0.2) is 40.5 Å². The van der Waals surface area contributed by atoms with Crippen LogP contribution in [0.2, 0.25) is 0 Å². The van der Waals surface area contributed by atoms with Crippen molar-refractivity contribution in [3.63, 3.8) is 0 Å². The standard InChI is InChI=1S/C12H7F3N6O2S/c13-12(14,15)10-18-19-11(20(10)16)24-8-4-3-7(21(22)23)6-2-1-5-17-9(6)8/h1-5H,16H2. The van der Waals surface area contributed by atoms with Gasteiger partial charge < -0.3 is 5.84 Å². The average molecular weight is 356 g/mol. The fraction of sp³-hybridized carbons (Fsp3) is 0.0833. The maximum Gasteiger partial charge on any atom is 0.453 e. The summed E-state index contributed by atoms with van der Waals surface area (Å²) in [6.45, 7) is 0. The summed E-state index contributed by atoms with van der Waals surface area (Å²) in [5.74, 6) is 4.04. The first-order valence-electron chi connectivity index (χ1n) is 6.26. The quantitative estimate of drug-likeness (QED) is 0.436. The van der Waals surface area contributed by atoms with E-state index in [1.54, 1.807) is 0 Å². The SMILES string of the molecule is Nn1c(Sc2ccc([N+](=O)[O-])c3cccnc23)nnc1C(F)(F)F. The molecule has 3 aromatic rings. The minimum absolute atomic E-state index is 0.160. The van der Waals surface area contributed by atoms with E-state index >= 15 is 0 Å². The van der Waals surface area contributed by atoms with E-state index in [2.05, 4.69) is 15.2 Å². The highest BCUT2D eigenvalue weighted by atomic mass is 32.2. The summed E-state index contributed by atoms with van der Waals surface area (Å²) in [5, 5.41) is 17.5. The Morgan fingerprint density at radius 1 is 1.25 bits per heavy atom. The van der Waals surface area contributed by atoms with Gasteiger partial charge in [0.05, 0.1) is 15.8 Å². The Morgan fingerprint density at radius 2 is 2.00 bits per heavy atom. The van der Waals surface area contributed by atoms with Gasteiger partial charge >= 0.3 is 6.18 Å². The number of benzene rings is 1. The number of nitrogen functional groups attached to an aromatic ring is 1. The molecule has 3 rings (SSSR count). The summed E-state index contributed by atoms with van der Waals surface area (Å²) < 4.78 is 38.4. The van der Waals surface area contributed by atoms with Crippen molar-refractivity contribution in [2.24, 2.45) is 0 Å². The molecule has 0 bridgehead atoms. The lowest BCUT2D eigenvalue weighted by Crippen LogP contribution is -2.21. The van der Waals surface area contributed by atoms with E-state index in [1.165, 1.54) is 30.5 Å². The van der Waals surface area contributed by atoms with Crippen molar-refractivity contribution in [1.29, 1.82) is 0 Å². The Balaban J connectivity index is 2.08. The summed E-state index contributed by atoms with van der Waals surface area (Å²) in [6, 6.07) is 5.64. The minimum atomic E-state index is -4.74. The van der Waals surface area contributed by atoms with E-state index < -0.39 is 16.9 Å². The average Bonchev–Trinajstić information content (AvgIpc) is 2.88. The van der Waals surface area contributed by atoms with Crippen LogP contribution < -0.4 is 5.84 Å². The molecule has 1 aromatic carbocycles. The van der Waals surface area contributed by atoms with Gasteiger partial charge in [-0.1, -0.05) is 0 Å². The summed E-state index contributed by atoms with van der Waals surface area (Å²) in [6.07, 6.45) is -3.32. The number of hydrogen-bond acceptors (Lipinski definition) is 7. The first-order valence-corrected chi connectivity index (χ1v) is 7.08. The molecular weight excluding hydrogens is 349 g/mol. The van der Waals surface area contributed by atoms with Gasteiger partial charge in [0.15, 0.2) is 0 Å². The van der Waals surface area contributed by atoms with Crippen LogP contribution in [0.25, 0.3) is 10.9 Å². The first-order chi connectivity index (χ1) is 11.3. The lowest BCUT2D eigenvalue weighted by molar-refractivity contribution is -0.383. The molecule has 2 aromatic heterocycles. The van der Waals surface area contributed by atoms with Crippen molar-refractivity contribution in [2.75, 3.05) is 5.84 Å². The maximum atomic E-state index is 12.7. The maximum absolute atomic E-state index is 12.7. The normalized spacial score (nSPS) is 11.8. The van der Waals surface area contributed by atoms with Crippen LogP contribution >= 0.6 is 11.8 Å². The van der Waals surface area contributed by atoms with Gasteiger partial charge in [0.1, 0.15) is 0 Å². The molecule has 0 radical (unpaired) electrons. The molecule has 124 valence electrons. The molecule has 0 aliphatic heterocycles. The monoisotopic (exact) mass is 356 g/mol. The number of nitrogens with zero attached hydrogens (tertiary/aromatic N) is 5. The largest absolute Gasteiger partial charge is 0.453 e. The molecular formula is C12H7F3N6O2S. The van der Waals surface area contributed by atoms with Gasteiger partial charge in [-0.25, -0.2) is 4.68 Å². The Morgan fingerprint density at radius 3 is 2.62 bits per heavy atom. The zero-order chi connectivity index (χ0) is 17.5. The van der Waals surface area contributed by atoms with Crippen LogP contribution in [0.1, 0.15) is 5.82 Å². The van der Waals surface area contributed by atoms with Crippen LogP contribution in [0.4, 0.5) is 18.9 Å².